The number of aromatic nitrogens is 5. The molecule has 0 N–H and O–H groups in total. The number of benzene rings is 1. The zero-order valence-corrected chi connectivity index (χ0v) is 14.5. The summed E-state index contributed by atoms with van der Waals surface area (Å²) in [5, 5.41) is 14.1. The molecule has 0 saturated carbocycles. The van der Waals surface area contributed by atoms with Crippen molar-refractivity contribution in [3.63, 3.8) is 0 Å². The van der Waals surface area contributed by atoms with E-state index in [4.69, 9.17) is 0 Å². The van der Waals surface area contributed by atoms with Gasteiger partial charge in [0.05, 0.1) is 5.75 Å². The highest BCUT2D eigenvalue weighted by Gasteiger charge is 2.12. The third-order valence-electron chi connectivity index (χ3n) is 3.59. The van der Waals surface area contributed by atoms with Gasteiger partial charge in [0.2, 0.25) is 4.96 Å². The Hall–Kier alpha value is -2.25. The molecule has 0 bridgehead atoms. The second-order valence-corrected chi connectivity index (χ2v) is 7.30. The number of nitrogens with zero attached hydrogens (tertiary/aromatic N) is 5. The Morgan fingerprint density at radius 2 is 1.83 bits per heavy atom. The summed E-state index contributed by atoms with van der Waals surface area (Å²) in [5.74, 6) is 2.77. The smallest absolute Gasteiger partial charge is 0.235 e. The number of fused-ring (bicyclic) bond motifs is 1. The maximum Gasteiger partial charge on any atom is 0.235 e. The molecule has 7 heteroatoms. The molecule has 0 aliphatic rings. The maximum atomic E-state index is 4.65. The molecule has 0 aliphatic heterocycles. The summed E-state index contributed by atoms with van der Waals surface area (Å²) in [6, 6.07) is 14.5. The third-order valence-corrected chi connectivity index (χ3v) is 5.49. The molecule has 0 aliphatic carbocycles. The predicted molar refractivity (Wildman–Crippen MR) is 98.2 cm³/mol. The molecule has 3 aromatic heterocycles. The van der Waals surface area contributed by atoms with Crippen molar-refractivity contribution in [3.8, 4) is 10.6 Å². The number of hydrogen-bond acceptors (Lipinski definition) is 6. The van der Waals surface area contributed by atoms with Gasteiger partial charge in [0.15, 0.2) is 5.82 Å². The van der Waals surface area contributed by atoms with Crippen LogP contribution in [0, 0.1) is 0 Å². The molecule has 4 aromatic rings. The van der Waals surface area contributed by atoms with Crippen molar-refractivity contribution in [2.24, 2.45) is 0 Å². The van der Waals surface area contributed by atoms with Gasteiger partial charge >= 0.3 is 0 Å². The van der Waals surface area contributed by atoms with Gasteiger partial charge in [0, 0.05) is 18.0 Å². The van der Waals surface area contributed by atoms with Crippen molar-refractivity contribution in [1.82, 2.24) is 24.8 Å². The summed E-state index contributed by atoms with van der Waals surface area (Å²) < 4.78 is 1.86. The third kappa shape index (κ3) is 3.32. The molecule has 0 spiro atoms. The SMILES string of the molecule is c1ccc(CCSCc2nnc3sc(-c4ccncc4)nn23)cc1. The molecule has 4 rings (SSSR count). The van der Waals surface area contributed by atoms with E-state index < -0.39 is 0 Å². The molecule has 0 atom stereocenters. The summed E-state index contributed by atoms with van der Waals surface area (Å²) in [6.07, 6.45) is 4.61. The summed E-state index contributed by atoms with van der Waals surface area (Å²) >= 11 is 3.41. The first-order valence-corrected chi connectivity index (χ1v) is 9.60. The Kier molecular flexibility index (Phi) is 4.53. The van der Waals surface area contributed by atoms with Gasteiger partial charge in [-0.3, -0.25) is 4.98 Å². The summed E-state index contributed by atoms with van der Waals surface area (Å²) in [6.45, 7) is 0. The average molecular weight is 353 g/mol. The van der Waals surface area contributed by atoms with E-state index in [2.05, 4.69) is 44.5 Å². The van der Waals surface area contributed by atoms with Crippen LogP contribution >= 0.6 is 23.1 Å². The van der Waals surface area contributed by atoms with Crippen LogP contribution in [-0.4, -0.2) is 30.5 Å². The Balaban J connectivity index is 1.42. The van der Waals surface area contributed by atoms with Gasteiger partial charge in [-0.15, -0.1) is 10.2 Å². The fourth-order valence-corrected chi connectivity index (χ4v) is 4.11. The summed E-state index contributed by atoms with van der Waals surface area (Å²) in [5.41, 5.74) is 2.42. The van der Waals surface area contributed by atoms with Gasteiger partial charge < -0.3 is 0 Å². The minimum absolute atomic E-state index is 0.813. The van der Waals surface area contributed by atoms with Gasteiger partial charge in [-0.1, -0.05) is 41.7 Å². The minimum Gasteiger partial charge on any atom is -0.265 e. The zero-order chi connectivity index (χ0) is 16.2. The van der Waals surface area contributed by atoms with Crippen LogP contribution in [0.25, 0.3) is 15.5 Å². The highest BCUT2D eigenvalue weighted by atomic mass is 32.2. The Bertz CT molecular complexity index is 918. The lowest BCUT2D eigenvalue weighted by Gasteiger charge is -2.00. The lowest BCUT2D eigenvalue weighted by Crippen LogP contribution is -1.96. The quantitative estimate of drug-likeness (QED) is 0.495. The van der Waals surface area contributed by atoms with E-state index in [1.54, 1.807) is 23.7 Å². The zero-order valence-electron chi connectivity index (χ0n) is 12.9. The number of rotatable bonds is 6. The minimum atomic E-state index is 0.813. The average Bonchev–Trinajstić information content (AvgIpc) is 3.22. The van der Waals surface area contributed by atoms with Gasteiger partial charge in [-0.05, 0) is 29.9 Å². The van der Waals surface area contributed by atoms with Crippen LogP contribution in [0.2, 0.25) is 0 Å². The van der Waals surface area contributed by atoms with Crippen LogP contribution in [-0.2, 0) is 12.2 Å². The molecule has 0 radical (unpaired) electrons. The largest absolute Gasteiger partial charge is 0.265 e. The number of aryl methyl sites for hydroxylation is 1. The highest BCUT2D eigenvalue weighted by molar-refractivity contribution is 7.98. The fourth-order valence-electron chi connectivity index (χ4n) is 2.36. The van der Waals surface area contributed by atoms with Gasteiger partial charge in [-0.2, -0.15) is 21.4 Å². The number of pyridine rings is 1. The second-order valence-electron chi connectivity index (χ2n) is 5.24. The van der Waals surface area contributed by atoms with E-state index in [-0.39, 0.29) is 0 Å². The Morgan fingerprint density at radius 1 is 1.00 bits per heavy atom. The first-order chi connectivity index (χ1) is 11.9. The van der Waals surface area contributed by atoms with E-state index in [0.29, 0.717) is 0 Å². The number of thioether (sulfide) groups is 1. The van der Waals surface area contributed by atoms with Crippen molar-refractivity contribution in [2.45, 2.75) is 12.2 Å². The predicted octanol–water partition coefficient (Wildman–Crippen LogP) is 3.72. The molecule has 5 nitrogen and oxygen atoms in total. The van der Waals surface area contributed by atoms with Crippen molar-refractivity contribution in [3.05, 3.63) is 66.2 Å². The standard InChI is InChI=1S/C17H15N5S2/c1-2-4-13(5-3-1)8-11-23-12-15-19-20-17-22(15)21-16(24-17)14-6-9-18-10-7-14/h1-7,9-10H,8,11-12H2. The van der Waals surface area contributed by atoms with Gasteiger partial charge in [0.25, 0.3) is 0 Å². The first kappa shape index (κ1) is 15.3. The van der Waals surface area contributed by atoms with E-state index in [0.717, 1.165) is 39.3 Å². The fraction of sp³-hybridized carbons (Fsp3) is 0.176. The molecule has 120 valence electrons. The molecule has 1 aromatic carbocycles. The maximum absolute atomic E-state index is 4.65. The summed E-state index contributed by atoms with van der Waals surface area (Å²) in [7, 11) is 0. The van der Waals surface area contributed by atoms with Crippen molar-refractivity contribution < 1.29 is 0 Å². The van der Waals surface area contributed by atoms with Crippen LogP contribution < -0.4 is 0 Å². The Labute approximate surface area is 147 Å². The highest BCUT2D eigenvalue weighted by Crippen LogP contribution is 2.25. The second kappa shape index (κ2) is 7.11. The van der Waals surface area contributed by atoms with E-state index in [1.165, 1.54) is 5.56 Å². The van der Waals surface area contributed by atoms with Gasteiger partial charge in [-0.25, -0.2) is 0 Å². The number of hydrogen-bond donors (Lipinski definition) is 0. The van der Waals surface area contributed by atoms with Crippen molar-refractivity contribution in [1.29, 1.82) is 0 Å². The normalized spacial score (nSPS) is 11.2. The lowest BCUT2D eigenvalue weighted by molar-refractivity contribution is 0.887. The van der Waals surface area contributed by atoms with Crippen LogP contribution in [0.3, 0.4) is 0 Å². The molecule has 24 heavy (non-hydrogen) atoms. The Morgan fingerprint density at radius 3 is 2.67 bits per heavy atom. The lowest BCUT2D eigenvalue weighted by atomic mass is 10.2. The summed E-state index contributed by atoms with van der Waals surface area (Å²) in [4.78, 5) is 4.88. The van der Waals surface area contributed by atoms with Gasteiger partial charge in [0.1, 0.15) is 5.01 Å². The first-order valence-electron chi connectivity index (χ1n) is 7.63. The van der Waals surface area contributed by atoms with E-state index in [1.807, 2.05) is 34.5 Å². The molecular weight excluding hydrogens is 338 g/mol. The molecule has 0 amide bonds. The molecule has 0 saturated heterocycles. The van der Waals surface area contributed by atoms with Crippen LogP contribution in [0.1, 0.15) is 11.4 Å². The van der Waals surface area contributed by atoms with Crippen LogP contribution in [0.5, 0.6) is 0 Å². The van der Waals surface area contributed by atoms with Crippen LogP contribution in [0.15, 0.2) is 54.9 Å². The molecule has 0 fully saturated rings. The van der Waals surface area contributed by atoms with E-state index in [9.17, 15) is 0 Å². The molecule has 0 unspecified atom stereocenters. The van der Waals surface area contributed by atoms with E-state index >= 15 is 0 Å². The topological polar surface area (TPSA) is 56.0 Å². The van der Waals surface area contributed by atoms with Crippen molar-refractivity contribution in [2.75, 3.05) is 5.75 Å². The van der Waals surface area contributed by atoms with Crippen LogP contribution in [0.4, 0.5) is 0 Å². The van der Waals surface area contributed by atoms with Crippen molar-refractivity contribution >= 4 is 28.1 Å². The molecule has 3 heterocycles. The monoisotopic (exact) mass is 353 g/mol. The molecular formula is C17H15N5S2.